The Kier molecular flexibility index (Phi) is 6.01. The molecule has 1 atom stereocenters. The van der Waals surface area contributed by atoms with Gasteiger partial charge in [0.15, 0.2) is 5.76 Å². The van der Waals surface area contributed by atoms with Crippen LogP contribution in [-0.2, 0) is 0 Å². The van der Waals surface area contributed by atoms with Gasteiger partial charge in [-0.15, -0.1) is 0 Å². The lowest BCUT2D eigenvalue weighted by atomic mass is 9.99. The van der Waals surface area contributed by atoms with Crippen molar-refractivity contribution < 1.29 is 14.1 Å². The Bertz CT molecular complexity index is 443. The molecule has 0 radical (unpaired) electrons. The van der Waals surface area contributed by atoms with Crippen LogP contribution < -0.4 is 5.32 Å². The molecule has 19 heavy (non-hydrogen) atoms. The Labute approximate surface area is 119 Å². The van der Waals surface area contributed by atoms with Gasteiger partial charge in [-0.2, -0.15) is 0 Å². The molecule has 0 aromatic carbocycles. The molecule has 0 fully saturated rings. The second-order valence-electron chi connectivity index (χ2n) is 4.20. The van der Waals surface area contributed by atoms with Gasteiger partial charge in [0, 0.05) is 11.4 Å². The summed E-state index contributed by atoms with van der Waals surface area (Å²) >= 11 is 3.54. The molecule has 0 aliphatic rings. The minimum absolute atomic E-state index is 0.0454. The second-order valence-corrected chi connectivity index (χ2v) is 5.37. The van der Waals surface area contributed by atoms with E-state index in [4.69, 9.17) is 4.42 Å². The van der Waals surface area contributed by atoms with Gasteiger partial charge in [0.25, 0.3) is 5.91 Å². The van der Waals surface area contributed by atoms with Crippen LogP contribution in [0.1, 0.15) is 37.2 Å². The lowest BCUT2D eigenvalue weighted by molar-refractivity contribution is -0.402. The minimum atomic E-state index is -0.672. The zero-order valence-corrected chi connectivity index (χ0v) is 12.5. The van der Waals surface area contributed by atoms with Crippen LogP contribution in [-0.4, -0.2) is 22.2 Å². The van der Waals surface area contributed by atoms with Crippen molar-refractivity contribution in [1.82, 2.24) is 5.32 Å². The molecule has 0 aliphatic heterocycles. The van der Waals surface area contributed by atoms with Gasteiger partial charge in [0.05, 0.1) is 6.07 Å². The first-order chi connectivity index (χ1) is 8.99. The number of furan rings is 1. The summed E-state index contributed by atoms with van der Waals surface area (Å²) < 4.78 is 4.83. The maximum atomic E-state index is 11.7. The summed E-state index contributed by atoms with van der Waals surface area (Å²) in [6.45, 7) is 4.65. The molecule has 0 saturated carbocycles. The Morgan fingerprint density at radius 1 is 1.47 bits per heavy atom. The van der Waals surface area contributed by atoms with Crippen molar-refractivity contribution in [1.29, 1.82) is 0 Å². The second kappa shape index (κ2) is 7.28. The number of rotatable bonds is 7. The summed E-state index contributed by atoms with van der Waals surface area (Å²) in [6, 6.07) is 2.47. The molecule has 0 aliphatic carbocycles. The van der Waals surface area contributed by atoms with E-state index in [1.54, 1.807) is 0 Å². The van der Waals surface area contributed by atoms with E-state index in [0.717, 1.165) is 12.8 Å². The minimum Gasteiger partial charge on any atom is -0.395 e. The molecular weight excluding hydrogens is 316 g/mol. The first kappa shape index (κ1) is 15.7. The number of alkyl halides is 1. The first-order valence-electron chi connectivity index (χ1n) is 6.16. The molecule has 0 saturated heterocycles. The smallest absolute Gasteiger partial charge is 0.395 e. The highest BCUT2D eigenvalue weighted by molar-refractivity contribution is 9.09. The van der Waals surface area contributed by atoms with Gasteiger partial charge in [-0.05, 0) is 12.0 Å². The van der Waals surface area contributed by atoms with Crippen LogP contribution >= 0.6 is 15.9 Å². The molecule has 106 valence electrons. The van der Waals surface area contributed by atoms with Gasteiger partial charge in [-0.25, -0.2) is 0 Å². The number of nitrogens with one attached hydrogen (secondary N) is 1. The maximum Gasteiger partial charge on any atom is 0.433 e. The van der Waals surface area contributed by atoms with Crippen molar-refractivity contribution in [2.75, 3.05) is 6.54 Å². The fourth-order valence-electron chi connectivity index (χ4n) is 1.79. The summed E-state index contributed by atoms with van der Waals surface area (Å²) in [7, 11) is 0. The Hall–Kier alpha value is -1.37. The molecule has 6 nitrogen and oxygen atoms in total. The summed E-state index contributed by atoms with van der Waals surface area (Å²) in [6.07, 6.45) is 2.04. The number of nitro groups is 1. The fraction of sp³-hybridized carbons (Fsp3) is 0.583. The van der Waals surface area contributed by atoms with Crippen LogP contribution in [0.2, 0.25) is 0 Å². The van der Waals surface area contributed by atoms with Gasteiger partial charge in [0.2, 0.25) is 0 Å². The molecule has 1 unspecified atom stereocenters. The van der Waals surface area contributed by atoms with Crippen LogP contribution in [0.15, 0.2) is 16.5 Å². The number of halogens is 1. The summed E-state index contributed by atoms with van der Waals surface area (Å²) in [5.41, 5.74) is 0. The Morgan fingerprint density at radius 3 is 2.58 bits per heavy atom. The van der Waals surface area contributed by atoms with Crippen molar-refractivity contribution in [3.05, 3.63) is 28.0 Å². The number of amides is 1. The molecule has 1 rings (SSSR count). The van der Waals surface area contributed by atoms with Gasteiger partial charge >= 0.3 is 5.88 Å². The molecule has 1 aromatic rings. The van der Waals surface area contributed by atoms with E-state index < -0.39 is 16.7 Å². The average Bonchev–Trinajstić information content (AvgIpc) is 2.87. The SMILES string of the molecule is CCC(CC)C(Br)CNC(=O)c1ccc([N+](=O)[O-])o1. The van der Waals surface area contributed by atoms with Gasteiger partial charge in [0.1, 0.15) is 4.92 Å². The number of carbonyl (C=O) groups excluding carboxylic acids is 1. The van der Waals surface area contributed by atoms with E-state index in [1.807, 2.05) is 0 Å². The normalized spacial score (nSPS) is 12.4. The quantitative estimate of drug-likeness (QED) is 0.472. The van der Waals surface area contributed by atoms with Crippen LogP contribution in [0, 0.1) is 16.0 Å². The zero-order valence-electron chi connectivity index (χ0n) is 10.9. The van der Waals surface area contributed by atoms with Crippen molar-refractivity contribution in [3.8, 4) is 0 Å². The Morgan fingerprint density at radius 2 is 2.11 bits per heavy atom. The zero-order chi connectivity index (χ0) is 14.4. The van der Waals surface area contributed by atoms with Crippen molar-refractivity contribution in [3.63, 3.8) is 0 Å². The van der Waals surface area contributed by atoms with E-state index in [-0.39, 0.29) is 10.6 Å². The lowest BCUT2D eigenvalue weighted by Crippen LogP contribution is -2.32. The predicted octanol–water partition coefficient (Wildman–Crippen LogP) is 3.12. The third kappa shape index (κ3) is 4.34. The fourth-order valence-corrected chi connectivity index (χ4v) is 2.70. The van der Waals surface area contributed by atoms with Crippen molar-refractivity contribution >= 4 is 27.7 Å². The summed E-state index contributed by atoms with van der Waals surface area (Å²) in [5.74, 6) is -0.439. The Balaban J connectivity index is 2.53. The highest BCUT2D eigenvalue weighted by Gasteiger charge is 2.20. The highest BCUT2D eigenvalue weighted by Crippen LogP contribution is 2.20. The lowest BCUT2D eigenvalue weighted by Gasteiger charge is -2.19. The molecule has 1 N–H and O–H groups in total. The highest BCUT2D eigenvalue weighted by atomic mass is 79.9. The number of carbonyl (C=O) groups is 1. The molecular formula is C12H17BrN2O4. The molecule has 7 heteroatoms. The van der Waals surface area contributed by atoms with E-state index in [0.29, 0.717) is 12.5 Å². The number of hydrogen-bond acceptors (Lipinski definition) is 4. The van der Waals surface area contributed by atoms with E-state index in [1.165, 1.54) is 12.1 Å². The van der Waals surface area contributed by atoms with Crippen molar-refractivity contribution in [2.45, 2.75) is 31.5 Å². The van der Waals surface area contributed by atoms with Crippen LogP contribution in [0.5, 0.6) is 0 Å². The van der Waals surface area contributed by atoms with E-state index >= 15 is 0 Å². The third-order valence-electron chi connectivity index (χ3n) is 3.01. The van der Waals surface area contributed by atoms with Gasteiger partial charge in [-0.1, -0.05) is 42.6 Å². The van der Waals surface area contributed by atoms with Crippen LogP contribution in [0.3, 0.4) is 0 Å². The van der Waals surface area contributed by atoms with Gasteiger partial charge < -0.3 is 9.73 Å². The molecule has 1 amide bonds. The van der Waals surface area contributed by atoms with Crippen molar-refractivity contribution in [2.24, 2.45) is 5.92 Å². The molecule has 0 bridgehead atoms. The van der Waals surface area contributed by atoms with Gasteiger partial charge in [-0.3, -0.25) is 14.9 Å². The molecule has 0 spiro atoms. The largest absolute Gasteiger partial charge is 0.433 e. The maximum absolute atomic E-state index is 11.7. The summed E-state index contributed by atoms with van der Waals surface area (Å²) in [5, 5.41) is 13.1. The molecule has 1 aromatic heterocycles. The summed E-state index contributed by atoms with van der Waals surface area (Å²) in [4.78, 5) is 21.7. The monoisotopic (exact) mass is 332 g/mol. The predicted molar refractivity (Wildman–Crippen MR) is 74.5 cm³/mol. The number of hydrogen-bond donors (Lipinski definition) is 1. The van der Waals surface area contributed by atoms with E-state index in [9.17, 15) is 14.9 Å². The van der Waals surface area contributed by atoms with Crippen LogP contribution in [0.25, 0.3) is 0 Å². The first-order valence-corrected chi connectivity index (χ1v) is 7.07. The third-order valence-corrected chi connectivity index (χ3v) is 4.08. The van der Waals surface area contributed by atoms with E-state index in [2.05, 4.69) is 35.1 Å². The average molecular weight is 333 g/mol. The van der Waals surface area contributed by atoms with Crippen LogP contribution in [0.4, 0.5) is 5.88 Å². The standard InChI is InChI=1S/C12H17BrN2O4/c1-3-8(4-2)9(13)7-14-12(16)10-5-6-11(19-10)15(17)18/h5-6,8-9H,3-4,7H2,1-2H3,(H,14,16). The number of nitrogens with zero attached hydrogens (tertiary/aromatic N) is 1. The topological polar surface area (TPSA) is 85.4 Å². The molecule has 1 heterocycles.